The van der Waals surface area contributed by atoms with Crippen LogP contribution in [-0.2, 0) is 11.0 Å². The summed E-state index contributed by atoms with van der Waals surface area (Å²) in [6.07, 6.45) is 0. The van der Waals surface area contributed by atoms with E-state index in [-0.39, 0.29) is 22.5 Å². The summed E-state index contributed by atoms with van der Waals surface area (Å²) < 4.78 is 26.0. The first-order chi connectivity index (χ1) is 11.2. The quantitative estimate of drug-likeness (QED) is 0.207. The van der Waals surface area contributed by atoms with E-state index in [2.05, 4.69) is 4.18 Å². The second-order valence-corrected chi connectivity index (χ2v) is 5.17. The van der Waals surface area contributed by atoms with Gasteiger partial charge in [-0.2, -0.15) is 8.42 Å². The minimum Gasteiger partial charge on any atom is -0.384 e. The van der Waals surface area contributed by atoms with Crippen molar-refractivity contribution in [2.75, 3.05) is 10.0 Å². The Morgan fingerprint density at radius 3 is 1.83 bits per heavy atom. The largest absolute Gasteiger partial charge is 0.384 e. The molecule has 0 bridgehead atoms. The van der Waals surface area contributed by atoms with Gasteiger partial charge in [-0.3, -0.25) is 0 Å². The molecule has 0 unspecified atom stereocenters. The Morgan fingerprint density at radius 1 is 0.875 bits per heavy atom. The third-order valence-corrected chi connectivity index (χ3v) is 3.48. The molecule has 0 spiro atoms. The van der Waals surface area contributed by atoms with Crippen LogP contribution in [0.5, 0.6) is 5.75 Å². The average Bonchev–Trinajstić information content (AvgIpc) is 2.51. The maximum Gasteiger partial charge on any atom is 0.333 e. The highest BCUT2D eigenvalue weighted by atomic mass is 32.2. The highest BCUT2D eigenvalue weighted by Crippen LogP contribution is 2.35. The molecule has 0 aliphatic rings. The first kappa shape index (κ1) is 17.3. The van der Waals surface area contributed by atoms with Gasteiger partial charge in [-0.05, 0) is 30.3 Å². The van der Waals surface area contributed by atoms with Gasteiger partial charge in [-0.25, -0.2) is 31.3 Å². The van der Waals surface area contributed by atoms with Crippen molar-refractivity contribution in [2.24, 2.45) is 23.2 Å². The van der Waals surface area contributed by atoms with Crippen LogP contribution in [-0.4, -0.2) is 20.5 Å². The number of nitrogens with two attached hydrogens (primary N) is 4. The van der Waals surface area contributed by atoms with Crippen molar-refractivity contribution in [3.8, 4) is 5.75 Å². The number of amides is 4. The molecule has 2 rings (SSSR count). The van der Waals surface area contributed by atoms with Crippen molar-refractivity contribution in [2.45, 2.75) is 0 Å². The Kier molecular flexibility index (Phi) is 4.73. The average molecular weight is 354 g/mol. The van der Waals surface area contributed by atoms with Gasteiger partial charge in [0.25, 0.3) is 11.0 Å². The van der Waals surface area contributed by atoms with Gasteiger partial charge in [-0.15, -0.1) is 0 Å². The molecule has 0 heterocycles. The van der Waals surface area contributed by atoms with Gasteiger partial charge >= 0.3 is 12.1 Å². The van der Waals surface area contributed by atoms with E-state index >= 15 is 0 Å². The van der Waals surface area contributed by atoms with E-state index in [1.165, 1.54) is 30.3 Å². The molecule has 0 aliphatic heterocycles. The Labute approximate surface area is 137 Å². The lowest BCUT2D eigenvalue weighted by Crippen LogP contribution is -2.42. The summed E-state index contributed by atoms with van der Waals surface area (Å²) in [4.78, 5) is 22.6. The smallest absolute Gasteiger partial charge is 0.333 e. The zero-order valence-electron chi connectivity index (χ0n) is 12.1. The highest BCUT2D eigenvalue weighted by Gasteiger charge is 2.18. The standard InChI is InChI=1S/C12H14N6O5S/c13-11(19)17(15)9-3-4-10(18(16)12(14)20)8-5-6(23-24(21)22)1-2-7(8)9/h1-5,24H,15-16H2,(H2,13,19)(H2,14,20). The topological polar surface area (TPSA) is 188 Å². The molecule has 0 aliphatic carbocycles. The summed E-state index contributed by atoms with van der Waals surface area (Å²) in [5.41, 5.74) is 10.6. The SMILES string of the molecule is NC(=O)N(N)c1ccc(N(N)C(N)=O)c2cc(O[SH](=O)=O)ccc12. The molecule has 0 aromatic heterocycles. The molecule has 2 aromatic rings. The first-order valence-corrected chi connectivity index (χ1v) is 7.39. The lowest BCUT2D eigenvalue weighted by atomic mass is 10.1. The van der Waals surface area contributed by atoms with Gasteiger partial charge < -0.3 is 15.7 Å². The van der Waals surface area contributed by atoms with Gasteiger partial charge in [0.1, 0.15) is 5.75 Å². The van der Waals surface area contributed by atoms with Crippen LogP contribution in [0.15, 0.2) is 30.3 Å². The summed E-state index contributed by atoms with van der Waals surface area (Å²) in [6, 6.07) is 4.96. The van der Waals surface area contributed by atoms with E-state index < -0.39 is 23.0 Å². The first-order valence-electron chi connectivity index (χ1n) is 6.30. The number of carbonyl (C=O) groups excluding carboxylic acids is 2. The fraction of sp³-hybridized carbons (Fsp3) is 0. The molecule has 24 heavy (non-hydrogen) atoms. The number of urea groups is 2. The molecule has 2 aromatic carbocycles. The van der Waals surface area contributed by atoms with Crippen molar-refractivity contribution in [1.82, 2.24) is 0 Å². The van der Waals surface area contributed by atoms with Gasteiger partial charge in [0.2, 0.25) is 0 Å². The fourth-order valence-corrected chi connectivity index (χ4v) is 2.38. The summed E-state index contributed by atoms with van der Waals surface area (Å²) in [5, 5.41) is 1.96. The molecule has 0 radical (unpaired) electrons. The zero-order valence-corrected chi connectivity index (χ0v) is 13.0. The van der Waals surface area contributed by atoms with E-state index in [9.17, 15) is 18.0 Å². The number of hydrogen-bond acceptors (Lipinski definition) is 7. The van der Waals surface area contributed by atoms with Crippen LogP contribution in [0.2, 0.25) is 0 Å². The maximum absolute atomic E-state index is 11.3. The Morgan fingerprint density at radius 2 is 1.38 bits per heavy atom. The number of primary amides is 2. The van der Waals surface area contributed by atoms with E-state index in [1.807, 2.05) is 0 Å². The van der Waals surface area contributed by atoms with Gasteiger partial charge in [-0.1, -0.05) is 0 Å². The van der Waals surface area contributed by atoms with Crippen molar-refractivity contribution in [3.05, 3.63) is 30.3 Å². The number of fused-ring (bicyclic) bond motifs is 1. The summed E-state index contributed by atoms with van der Waals surface area (Å²) in [7, 11) is -3.15. The third-order valence-electron chi connectivity index (χ3n) is 3.12. The number of anilines is 2. The molecule has 12 heteroatoms. The van der Waals surface area contributed by atoms with Crippen LogP contribution in [0.25, 0.3) is 10.8 Å². The van der Waals surface area contributed by atoms with Gasteiger partial charge in [0.05, 0.1) is 11.4 Å². The van der Waals surface area contributed by atoms with E-state index in [1.54, 1.807) is 0 Å². The number of carbonyl (C=O) groups is 2. The van der Waals surface area contributed by atoms with Gasteiger partial charge in [0.15, 0.2) is 0 Å². The summed E-state index contributed by atoms with van der Waals surface area (Å²) in [5.74, 6) is 11.2. The van der Waals surface area contributed by atoms with Crippen molar-refractivity contribution < 1.29 is 22.2 Å². The van der Waals surface area contributed by atoms with Crippen LogP contribution >= 0.6 is 0 Å². The minimum absolute atomic E-state index is 0.0301. The lowest BCUT2D eigenvalue weighted by Gasteiger charge is -2.21. The highest BCUT2D eigenvalue weighted by molar-refractivity contribution is 7.67. The molecule has 0 fully saturated rings. The number of benzene rings is 2. The van der Waals surface area contributed by atoms with E-state index in [0.29, 0.717) is 15.4 Å². The lowest BCUT2D eigenvalue weighted by molar-refractivity contribution is 0.253. The van der Waals surface area contributed by atoms with E-state index in [4.69, 9.17) is 23.2 Å². The predicted octanol–water partition coefficient (Wildman–Crippen LogP) is -0.737. The molecular formula is C12H14N6O5S. The molecule has 8 N–H and O–H groups in total. The summed E-state index contributed by atoms with van der Waals surface area (Å²) >= 11 is 0. The van der Waals surface area contributed by atoms with Crippen LogP contribution in [0, 0.1) is 0 Å². The fourth-order valence-electron chi connectivity index (χ4n) is 2.10. The number of nitrogens with zero attached hydrogens (tertiary/aromatic N) is 2. The monoisotopic (exact) mass is 354 g/mol. The second-order valence-electron chi connectivity index (χ2n) is 4.54. The molecule has 4 amide bonds. The van der Waals surface area contributed by atoms with Crippen LogP contribution < -0.4 is 37.4 Å². The number of hydrazine groups is 2. The zero-order chi connectivity index (χ0) is 18.0. The van der Waals surface area contributed by atoms with Crippen molar-refractivity contribution in [1.29, 1.82) is 0 Å². The van der Waals surface area contributed by atoms with Crippen LogP contribution in [0.4, 0.5) is 21.0 Å². The third kappa shape index (κ3) is 3.29. The number of rotatable bonds is 4. The Hall–Kier alpha value is -3.09. The molecule has 128 valence electrons. The van der Waals surface area contributed by atoms with Crippen LogP contribution in [0.3, 0.4) is 0 Å². The maximum atomic E-state index is 11.3. The molecule has 0 atom stereocenters. The molecule has 0 saturated carbocycles. The van der Waals surface area contributed by atoms with E-state index in [0.717, 1.165) is 0 Å². The predicted molar refractivity (Wildman–Crippen MR) is 87.4 cm³/mol. The Bertz CT molecular complexity index is 891. The van der Waals surface area contributed by atoms with Crippen molar-refractivity contribution >= 4 is 45.2 Å². The number of hydrogen-bond donors (Lipinski definition) is 5. The summed E-state index contributed by atoms with van der Waals surface area (Å²) in [6.45, 7) is 0. The van der Waals surface area contributed by atoms with Crippen molar-refractivity contribution in [3.63, 3.8) is 0 Å². The molecule has 0 saturated heterocycles. The minimum atomic E-state index is -3.15. The molecular weight excluding hydrogens is 340 g/mol. The molecule has 11 nitrogen and oxygen atoms in total. The Balaban J connectivity index is 2.76. The number of thiol groups is 1. The van der Waals surface area contributed by atoms with Gasteiger partial charge in [0, 0.05) is 10.8 Å². The normalized spacial score (nSPS) is 10.6. The van der Waals surface area contributed by atoms with Crippen LogP contribution in [0.1, 0.15) is 0 Å². The second kappa shape index (κ2) is 6.57.